The van der Waals surface area contributed by atoms with E-state index in [1.54, 1.807) is 19.6 Å². The van der Waals surface area contributed by atoms with E-state index < -0.39 is 0 Å². The molecule has 0 fully saturated rings. The number of fused-ring (bicyclic) bond motifs is 1. The van der Waals surface area contributed by atoms with Crippen LogP contribution in [0, 0.1) is 6.92 Å². The first kappa shape index (κ1) is 21.5. The molecule has 4 rings (SSSR count). The Balaban J connectivity index is 0.00000256. The van der Waals surface area contributed by atoms with Gasteiger partial charge >= 0.3 is 0 Å². The lowest BCUT2D eigenvalue weighted by molar-refractivity contribution is 0.419. The number of anilines is 1. The van der Waals surface area contributed by atoms with Crippen molar-refractivity contribution >= 4 is 30.2 Å². The van der Waals surface area contributed by atoms with Gasteiger partial charge in [-0.3, -0.25) is 9.97 Å². The minimum absolute atomic E-state index is 0. The normalized spacial score (nSPS) is 11.6. The summed E-state index contributed by atoms with van der Waals surface area (Å²) in [5.41, 5.74) is 4.94. The van der Waals surface area contributed by atoms with Gasteiger partial charge in [-0.15, -0.1) is 0 Å². The van der Waals surface area contributed by atoms with E-state index in [1.807, 2.05) is 49.5 Å². The molecule has 3 heterocycles. The van der Waals surface area contributed by atoms with Crippen molar-refractivity contribution < 1.29 is 4.74 Å². The predicted molar refractivity (Wildman–Crippen MR) is 126 cm³/mol. The lowest BCUT2D eigenvalue weighted by Crippen LogP contribution is -2.11. The van der Waals surface area contributed by atoms with Gasteiger partial charge in [0.25, 0.3) is 0 Å². The van der Waals surface area contributed by atoms with Crippen molar-refractivity contribution in [2.45, 2.75) is 19.8 Å². The predicted octanol–water partition coefficient (Wildman–Crippen LogP) is 4.73. The molecular formula is C23H25N5OS. The van der Waals surface area contributed by atoms with Crippen LogP contribution in [0.25, 0.3) is 22.2 Å². The molecule has 1 N–H and O–H groups in total. The molecule has 4 aromatic rings. The Morgan fingerprint density at radius 2 is 1.90 bits per heavy atom. The molecule has 0 unspecified atom stereocenters. The summed E-state index contributed by atoms with van der Waals surface area (Å²) in [6.07, 6.45) is 5.20. The number of pyridine rings is 2. The number of nitrogens with one attached hydrogen (secondary N) is 1. The van der Waals surface area contributed by atoms with Crippen LogP contribution in [0.1, 0.15) is 24.1 Å². The van der Waals surface area contributed by atoms with E-state index in [-0.39, 0.29) is 19.4 Å². The molecule has 1 aromatic carbocycles. The average molecular weight is 420 g/mol. The molecule has 7 heteroatoms. The SMILES string of the molecule is COc1ccnc2c([C@H](C)CNc3cc(-c4ccc(C)nc4)ncn3)cccc12.S. The largest absolute Gasteiger partial charge is 0.496 e. The van der Waals surface area contributed by atoms with Gasteiger partial charge in [0.2, 0.25) is 0 Å². The summed E-state index contributed by atoms with van der Waals surface area (Å²) in [4.78, 5) is 17.7. The van der Waals surface area contributed by atoms with Crippen LogP contribution in [0.3, 0.4) is 0 Å². The monoisotopic (exact) mass is 419 g/mol. The second kappa shape index (κ2) is 9.54. The van der Waals surface area contributed by atoms with Gasteiger partial charge in [0.1, 0.15) is 17.9 Å². The number of benzene rings is 1. The van der Waals surface area contributed by atoms with E-state index in [0.717, 1.165) is 46.0 Å². The lowest BCUT2D eigenvalue weighted by atomic mass is 9.97. The highest BCUT2D eigenvalue weighted by Crippen LogP contribution is 2.30. The fraction of sp³-hybridized carbons (Fsp3) is 0.217. The quantitative estimate of drug-likeness (QED) is 0.487. The van der Waals surface area contributed by atoms with Crippen LogP contribution in [-0.2, 0) is 0 Å². The number of nitrogens with zero attached hydrogens (tertiary/aromatic N) is 4. The molecule has 0 saturated heterocycles. The number of hydrogen-bond acceptors (Lipinski definition) is 6. The van der Waals surface area contributed by atoms with Gasteiger partial charge in [0.15, 0.2) is 0 Å². The van der Waals surface area contributed by atoms with Crippen LogP contribution in [0.4, 0.5) is 5.82 Å². The number of methoxy groups -OCH3 is 1. The molecule has 0 aliphatic heterocycles. The van der Waals surface area contributed by atoms with Crippen molar-refractivity contribution in [3.8, 4) is 17.0 Å². The summed E-state index contributed by atoms with van der Waals surface area (Å²) in [6, 6.07) is 14.0. The molecule has 1 atom stereocenters. The molecule has 0 aliphatic carbocycles. The Hall–Kier alpha value is -3.19. The van der Waals surface area contributed by atoms with Crippen LogP contribution in [0.15, 0.2) is 61.2 Å². The number of rotatable bonds is 6. The summed E-state index contributed by atoms with van der Waals surface area (Å²) in [5.74, 6) is 1.86. The van der Waals surface area contributed by atoms with Crippen molar-refractivity contribution in [3.63, 3.8) is 0 Å². The van der Waals surface area contributed by atoms with Crippen LogP contribution in [0.2, 0.25) is 0 Å². The van der Waals surface area contributed by atoms with E-state index in [1.165, 1.54) is 5.56 Å². The molecule has 0 saturated carbocycles. The van der Waals surface area contributed by atoms with Crippen LogP contribution >= 0.6 is 13.5 Å². The maximum absolute atomic E-state index is 5.48. The summed E-state index contributed by atoms with van der Waals surface area (Å²) < 4.78 is 5.48. The van der Waals surface area contributed by atoms with Gasteiger partial charge in [0, 0.05) is 47.6 Å². The van der Waals surface area contributed by atoms with Gasteiger partial charge in [-0.2, -0.15) is 13.5 Å². The summed E-state index contributed by atoms with van der Waals surface area (Å²) in [5, 5.41) is 4.45. The molecule has 0 amide bonds. The first-order valence-corrected chi connectivity index (χ1v) is 9.56. The Morgan fingerprint density at radius 1 is 1.03 bits per heavy atom. The van der Waals surface area contributed by atoms with Crippen molar-refractivity contribution in [3.05, 3.63) is 72.4 Å². The zero-order valence-corrected chi connectivity index (χ0v) is 18.3. The molecule has 6 nitrogen and oxygen atoms in total. The number of ether oxygens (including phenoxy) is 1. The van der Waals surface area contributed by atoms with Gasteiger partial charge < -0.3 is 10.1 Å². The third-order valence-corrected chi connectivity index (χ3v) is 4.98. The highest BCUT2D eigenvalue weighted by atomic mass is 32.1. The Kier molecular flexibility index (Phi) is 6.84. The van der Waals surface area contributed by atoms with E-state index >= 15 is 0 Å². The summed E-state index contributed by atoms with van der Waals surface area (Å²) in [6.45, 7) is 4.87. The van der Waals surface area contributed by atoms with Gasteiger partial charge in [-0.05, 0) is 36.8 Å². The van der Waals surface area contributed by atoms with E-state index in [4.69, 9.17) is 4.74 Å². The summed E-state index contributed by atoms with van der Waals surface area (Å²) in [7, 11) is 1.68. The molecule has 0 spiro atoms. The van der Waals surface area contributed by atoms with Crippen molar-refractivity contribution in [2.75, 3.05) is 19.0 Å². The first-order chi connectivity index (χ1) is 14.2. The minimum Gasteiger partial charge on any atom is -0.496 e. The average Bonchev–Trinajstić information content (AvgIpc) is 2.77. The van der Waals surface area contributed by atoms with Crippen molar-refractivity contribution in [1.29, 1.82) is 0 Å². The van der Waals surface area contributed by atoms with Gasteiger partial charge in [0.05, 0.1) is 18.3 Å². The molecule has 0 bridgehead atoms. The molecule has 0 radical (unpaired) electrons. The van der Waals surface area contributed by atoms with E-state index in [2.05, 4.69) is 38.2 Å². The smallest absolute Gasteiger partial charge is 0.129 e. The van der Waals surface area contributed by atoms with Crippen LogP contribution in [-0.4, -0.2) is 33.6 Å². The Morgan fingerprint density at radius 3 is 2.67 bits per heavy atom. The number of aromatic nitrogens is 4. The Bertz CT molecular complexity index is 1130. The fourth-order valence-corrected chi connectivity index (χ4v) is 3.35. The number of hydrogen-bond donors (Lipinski definition) is 1. The highest BCUT2D eigenvalue weighted by Gasteiger charge is 2.13. The fourth-order valence-electron chi connectivity index (χ4n) is 3.35. The maximum Gasteiger partial charge on any atom is 0.129 e. The van der Waals surface area contributed by atoms with Gasteiger partial charge in [-0.25, -0.2) is 9.97 Å². The first-order valence-electron chi connectivity index (χ1n) is 9.56. The molecular weight excluding hydrogens is 394 g/mol. The molecule has 3 aromatic heterocycles. The zero-order chi connectivity index (χ0) is 20.2. The second-order valence-corrected chi connectivity index (χ2v) is 7.02. The zero-order valence-electron chi connectivity index (χ0n) is 17.3. The Labute approximate surface area is 183 Å². The number of aryl methyl sites for hydroxylation is 1. The topological polar surface area (TPSA) is 72.8 Å². The van der Waals surface area contributed by atoms with Crippen molar-refractivity contribution in [2.24, 2.45) is 0 Å². The minimum atomic E-state index is 0. The molecule has 0 aliphatic rings. The van der Waals surface area contributed by atoms with E-state index in [9.17, 15) is 0 Å². The standard InChI is InChI=1S/C23H23N5O.H2S/c1-15(18-5-4-6-19-21(29-3)9-10-24-23(18)19)12-26-22-11-20(27-14-28-22)17-8-7-16(2)25-13-17;/h4-11,13-15H,12H2,1-3H3,(H,26,27,28);1H2/t15-;/m1./s1. The third kappa shape index (κ3) is 4.52. The third-order valence-electron chi connectivity index (χ3n) is 4.98. The molecule has 154 valence electrons. The second-order valence-electron chi connectivity index (χ2n) is 7.02. The number of para-hydroxylation sites is 1. The maximum atomic E-state index is 5.48. The summed E-state index contributed by atoms with van der Waals surface area (Å²) >= 11 is 0. The van der Waals surface area contributed by atoms with Crippen LogP contribution in [0.5, 0.6) is 5.75 Å². The lowest BCUT2D eigenvalue weighted by Gasteiger charge is -2.16. The van der Waals surface area contributed by atoms with Crippen molar-refractivity contribution in [1.82, 2.24) is 19.9 Å². The van der Waals surface area contributed by atoms with Gasteiger partial charge in [-0.1, -0.05) is 19.1 Å². The van der Waals surface area contributed by atoms with E-state index in [0.29, 0.717) is 0 Å². The highest BCUT2D eigenvalue weighted by molar-refractivity contribution is 7.59. The van der Waals surface area contributed by atoms with Crippen LogP contribution < -0.4 is 10.1 Å². The molecule has 30 heavy (non-hydrogen) atoms.